The van der Waals surface area contributed by atoms with Gasteiger partial charge in [-0.05, 0) is 31.1 Å². The predicted octanol–water partition coefficient (Wildman–Crippen LogP) is 1.72. The Morgan fingerprint density at radius 3 is 2.67 bits per heavy atom. The third kappa shape index (κ3) is 4.80. The van der Waals surface area contributed by atoms with E-state index in [1.807, 2.05) is 0 Å². The number of hydrogen-bond donors (Lipinski definition) is 2. The Morgan fingerprint density at radius 2 is 2.17 bits per heavy atom. The molecule has 0 saturated heterocycles. The number of guanidine groups is 1. The number of nitrogens with one attached hydrogen (secondary N) is 2. The van der Waals surface area contributed by atoms with Gasteiger partial charge in [0.05, 0.1) is 6.67 Å². The summed E-state index contributed by atoms with van der Waals surface area (Å²) in [4.78, 5) is 4.14. The fourth-order valence-corrected chi connectivity index (χ4v) is 2.28. The number of aliphatic imine (C=N–C) groups is 1. The van der Waals surface area contributed by atoms with Gasteiger partial charge in [-0.1, -0.05) is 6.42 Å². The zero-order valence-electron chi connectivity index (χ0n) is 11.6. The maximum atomic E-state index is 12.0. The van der Waals surface area contributed by atoms with Crippen molar-refractivity contribution < 1.29 is 9.13 Å². The highest BCUT2D eigenvalue weighted by atomic mass is 19.1. The maximum Gasteiger partial charge on any atom is 0.190 e. The van der Waals surface area contributed by atoms with Crippen molar-refractivity contribution in [1.29, 1.82) is 0 Å². The van der Waals surface area contributed by atoms with Crippen molar-refractivity contribution >= 4 is 5.96 Å². The molecule has 0 aromatic carbocycles. The van der Waals surface area contributed by atoms with E-state index in [2.05, 4.69) is 15.6 Å². The first kappa shape index (κ1) is 15.2. The Labute approximate surface area is 109 Å². The molecule has 106 valence electrons. The van der Waals surface area contributed by atoms with Gasteiger partial charge in [0.15, 0.2) is 5.96 Å². The lowest BCUT2D eigenvalue weighted by Gasteiger charge is -2.42. The second kappa shape index (κ2) is 8.29. The summed E-state index contributed by atoms with van der Waals surface area (Å²) in [5.41, 5.74) is 0.369. The van der Waals surface area contributed by atoms with Gasteiger partial charge in [-0.2, -0.15) is 0 Å². The minimum absolute atomic E-state index is 0.290. The van der Waals surface area contributed by atoms with Crippen LogP contribution in [-0.2, 0) is 4.74 Å². The van der Waals surface area contributed by atoms with Gasteiger partial charge >= 0.3 is 0 Å². The summed E-state index contributed by atoms with van der Waals surface area (Å²) in [6, 6.07) is 0. The summed E-state index contributed by atoms with van der Waals surface area (Å²) in [7, 11) is 3.49. The van der Waals surface area contributed by atoms with Crippen LogP contribution in [0.25, 0.3) is 0 Å². The van der Waals surface area contributed by atoms with E-state index in [-0.39, 0.29) is 6.67 Å². The largest absolute Gasteiger partial charge is 0.385 e. The van der Waals surface area contributed by atoms with Crippen molar-refractivity contribution in [2.45, 2.75) is 32.1 Å². The third-order valence-electron chi connectivity index (χ3n) is 3.71. The lowest BCUT2D eigenvalue weighted by Crippen LogP contribution is -2.47. The molecule has 4 nitrogen and oxygen atoms in total. The Kier molecular flexibility index (Phi) is 7.01. The summed E-state index contributed by atoms with van der Waals surface area (Å²) in [5.74, 6) is 0.771. The third-order valence-corrected chi connectivity index (χ3v) is 3.71. The van der Waals surface area contributed by atoms with Crippen LogP contribution < -0.4 is 10.6 Å². The molecule has 0 aliphatic heterocycles. The lowest BCUT2D eigenvalue weighted by molar-refractivity contribution is 0.0732. The standard InChI is InChI=1S/C13H26FN3O/c1-15-12(16-9-4-8-14)17-11-13(5-3-6-13)7-10-18-2/h3-11H2,1-2H3,(H2,15,16,17). The first-order chi connectivity index (χ1) is 8.76. The van der Waals surface area contributed by atoms with E-state index in [0.29, 0.717) is 18.4 Å². The average Bonchev–Trinajstić information content (AvgIpc) is 2.35. The topological polar surface area (TPSA) is 45.7 Å². The van der Waals surface area contributed by atoms with E-state index in [1.165, 1.54) is 19.3 Å². The van der Waals surface area contributed by atoms with E-state index in [9.17, 15) is 4.39 Å². The normalized spacial score (nSPS) is 18.3. The first-order valence-corrected chi connectivity index (χ1v) is 6.76. The van der Waals surface area contributed by atoms with Crippen LogP contribution in [-0.4, -0.2) is 46.5 Å². The molecule has 1 rings (SSSR count). The molecule has 0 spiro atoms. The van der Waals surface area contributed by atoms with Crippen LogP contribution in [0.1, 0.15) is 32.1 Å². The van der Waals surface area contributed by atoms with E-state index >= 15 is 0 Å². The molecule has 2 N–H and O–H groups in total. The van der Waals surface area contributed by atoms with Crippen molar-refractivity contribution in [1.82, 2.24) is 10.6 Å². The number of ether oxygens (including phenoxy) is 1. The van der Waals surface area contributed by atoms with Gasteiger partial charge in [-0.3, -0.25) is 9.38 Å². The zero-order valence-corrected chi connectivity index (χ0v) is 11.6. The van der Waals surface area contributed by atoms with Gasteiger partial charge in [-0.25, -0.2) is 0 Å². The summed E-state index contributed by atoms with van der Waals surface area (Å²) in [6.07, 6.45) is 5.43. The van der Waals surface area contributed by atoms with Gasteiger partial charge in [0.25, 0.3) is 0 Å². The number of alkyl halides is 1. The molecule has 0 aromatic rings. The van der Waals surface area contributed by atoms with Crippen LogP contribution in [0.4, 0.5) is 4.39 Å². The van der Waals surface area contributed by atoms with E-state index in [4.69, 9.17) is 4.74 Å². The Hall–Kier alpha value is -0.840. The van der Waals surface area contributed by atoms with Crippen molar-refractivity contribution in [2.24, 2.45) is 10.4 Å². The van der Waals surface area contributed by atoms with Gasteiger partial charge < -0.3 is 15.4 Å². The van der Waals surface area contributed by atoms with Crippen LogP contribution in [0.5, 0.6) is 0 Å². The monoisotopic (exact) mass is 259 g/mol. The van der Waals surface area contributed by atoms with Crippen molar-refractivity contribution in [3.05, 3.63) is 0 Å². The van der Waals surface area contributed by atoms with Crippen LogP contribution in [0.2, 0.25) is 0 Å². The highest BCUT2D eigenvalue weighted by Gasteiger charge is 2.36. The molecule has 0 aromatic heterocycles. The minimum atomic E-state index is -0.290. The van der Waals surface area contributed by atoms with Crippen LogP contribution >= 0.6 is 0 Å². The average molecular weight is 259 g/mol. The van der Waals surface area contributed by atoms with E-state index in [0.717, 1.165) is 25.5 Å². The summed E-state index contributed by atoms with van der Waals surface area (Å²) >= 11 is 0. The molecule has 0 heterocycles. The van der Waals surface area contributed by atoms with Crippen LogP contribution in [0, 0.1) is 5.41 Å². The molecule has 1 aliphatic carbocycles. The Bertz CT molecular complexity index is 255. The molecule has 5 heteroatoms. The second-order valence-electron chi connectivity index (χ2n) is 4.99. The Morgan fingerprint density at radius 1 is 1.39 bits per heavy atom. The van der Waals surface area contributed by atoms with Gasteiger partial charge in [0.1, 0.15) is 0 Å². The lowest BCUT2D eigenvalue weighted by atomic mass is 9.67. The van der Waals surface area contributed by atoms with Crippen LogP contribution in [0.3, 0.4) is 0 Å². The van der Waals surface area contributed by atoms with Crippen LogP contribution in [0.15, 0.2) is 4.99 Å². The van der Waals surface area contributed by atoms with Crippen molar-refractivity contribution in [3.8, 4) is 0 Å². The molecule has 1 fully saturated rings. The molecule has 1 saturated carbocycles. The van der Waals surface area contributed by atoms with E-state index in [1.54, 1.807) is 14.2 Å². The molecule has 18 heavy (non-hydrogen) atoms. The fourth-order valence-electron chi connectivity index (χ4n) is 2.28. The maximum absolute atomic E-state index is 12.0. The molecule has 0 unspecified atom stereocenters. The summed E-state index contributed by atoms with van der Waals surface area (Å²) in [6.45, 7) is 2.07. The van der Waals surface area contributed by atoms with Gasteiger partial charge in [-0.15, -0.1) is 0 Å². The first-order valence-electron chi connectivity index (χ1n) is 6.76. The molecule has 0 amide bonds. The summed E-state index contributed by atoms with van der Waals surface area (Å²) < 4.78 is 17.2. The smallest absolute Gasteiger partial charge is 0.190 e. The Balaban J connectivity index is 2.27. The molecule has 0 radical (unpaired) electrons. The number of methoxy groups -OCH3 is 1. The number of halogens is 1. The molecular formula is C13H26FN3O. The van der Waals surface area contributed by atoms with Crippen molar-refractivity contribution in [2.75, 3.05) is 40.5 Å². The quantitative estimate of drug-likeness (QED) is 0.396. The van der Waals surface area contributed by atoms with E-state index < -0.39 is 0 Å². The molecule has 0 atom stereocenters. The molecule has 0 bridgehead atoms. The van der Waals surface area contributed by atoms with Gasteiger partial charge in [0.2, 0.25) is 0 Å². The second-order valence-corrected chi connectivity index (χ2v) is 4.99. The molecular weight excluding hydrogens is 233 g/mol. The predicted molar refractivity (Wildman–Crippen MR) is 72.7 cm³/mol. The van der Waals surface area contributed by atoms with Gasteiger partial charge in [0, 0.05) is 33.9 Å². The zero-order chi connectivity index (χ0) is 13.3. The molecule has 1 aliphatic rings. The number of nitrogens with zero attached hydrogens (tertiary/aromatic N) is 1. The highest BCUT2D eigenvalue weighted by molar-refractivity contribution is 5.79. The number of hydrogen-bond acceptors (Lipinski definition) is 2. The highest BCUT2D eigenvalue weighted by Crippen LogP contribution is 2.43. The summed E-state index contributed by atoms with van der Waals surface area (Å²) in [5, 5.41) is 6.46. The number of rotatable bonds is 8. The SMILES string of the molecule is CN=C(NCCCF)NCC1(CCOC)CCC1. The van der Waals surface area contributed by atoms with Crippen molar-refractivity contribution in [3.63, 3.8) is 0 Å². The minimum Gasteiger partial charge on any atom is -0.385 e. The fraction of sp³-hybridized carbons (Fsp3) is 0.923.